The molecule has 1 heterocycles. The standard InChI is InChI=1S/C9H11NS/c1-6-3-4-9-8(5-6)10-7(2)11-9/h3-4,6H,5H2,1-2H3. The molecule has 0 spiro atoms. The number of nitrogens with zero attached hydrogens (tertiary/aromatic N) is 1. The van der Waals surface area contributed by atoms with Gasteiger partial charge >= 0.3 is 0 Å². The summed E-state index contributed by atoms with van der Waals surface area (Å²) in [6.45, 7) is 4.30. The van der Waals surface area contributed by atoms with Gasteiger partial charge in [-0.25, -0.2) is 4.98 Å². The van der Waals surface area contributed by atoms with Crippen molar-refractivity contribution in [1.82, 2.24) is 4.98 Å². The molecule has 1 atom stereocenters. The largest absolute Gasteiger partial charge is 0.246 e. The van der Waals surface area contributed by atoms with Crippen molar-refractivity contribution < 1.29 is 0 Å². The molecule has 0 saturated carbocycles. The van der Waals surface area contributed by atoms with Crippen LogP contribution in [-0.2, 0) is 6.42 Å². The van der Waals surface area contributed by atoms with Crippen molar-refractivity contribution in [1.29, 1.82) is 0 Å². The Morgan fingerprint density at radius 3 is 3.27 bits per heavy atom. The molecule has 2 rings (SSSR count). The van der Waals surface area contributed by atoms with Crippen LogP contribution in [0, 0.1) is 12.8 Å². The van der Waals surface area contributed by atoms with Gasteiger partial charge in [0.05, 0.1) is 15.6 Å². The quantitative estimate of drug-likeness (QED) is 0.576. The molecule has 2 heteroatoms. The van der Waals surface area contributed by atoms with Gasteiger partial charge in [-0.1, -0.05) is 13.0 Å². The van der Waals surface area contributed by atoms with Crippen molar-refractivity contribution in [2.45, 2.75) is 20.3 Å². The van der Waals surface area contributed by atoms with E-state index in [2.05, 4.69) is 31.0 Å². The van der Waals surface area contributed by atoms with Gasteiger partial charge in [0.25, 0.3) is 0 Å². The van der Waals surface area contributed by atoms with E-state index in [0.717, 1.165) is 6.42 Å². The molecule has 0 N–H and O–H groups in total. The van der Waals surface area contributed by atoms with Crippen molar-refractivity contribution >= 4 is 17.4 Å². The Kier molecular flexibility index (Phi) is 1.57. The molecule has 1 aliphatic rings. The first-order valence-corrected chi connectivity index (χ1v) is 4.72. The summed E-state index contributed by atoms with van der Waals surface area (Å²) < 4.78 is 0. The molecule has 58 valence electrons. The molecule has 0 aliphatic heterocycles. The molecular formula is C9H11NS. The van der Waals surface area contributed by atoms with E-state index in [-0.39, 0.29) is 0 Å². The van der Waals surface area contributed by atoms with Gasteiger partial charge in [0.15, 0.2) is 0 Å². The lowest BCUT2D eigenvalue weighted by atomic mass is 10.00. The van der Waals surface area contributed by atoms with Gasteiger partial charge < -0.3 is 0 Å². The van der Waals surface area contributed by atoms with E-state index in [1.807, 2.05) is 0 Å². The van der Waals surface area contributed by atoms with E-state index in [1.165, 1.54) is 15.6 Å². The summed E-state index contributed by atoms with van der Waals surface area (Å²) in [4.78, 5) is 5.83. The monoisotopic (exact) mass is 165 g/mol. The average Bonchev–Trinajstić information content (AvgIpc) is 2.27. The summed E-state index contributed by atoms with van der Waals surface area (Å²) in [5, 5.41) is 1.19. The summed E-state index contributed by atoms with van der Waals surface area (Å²) in [5.74, 6) is 0.670. The lowest BCUT2D eigenvalue weighted by Gasteiger charge is -2.08. The summed E-state index contributed by atoms with van der Waals surface area (Å²) >= 11 is 1.79. The predicted octanol–water partition coefficient (Wildman–Crippen LogP) is 2.66. The zero-order chi connectivity index (χ0) is 7.84. The van der Waals surface area contributed by atoms with Gasteiger partial charge in [-0.15, -0.1) is 11.3 Å². The highest BCUT2D eigenvalue weighted by Crippen LogP contribution is 2.26. The normalized spacial score (nSPS) is 21.8. The minimum absolute atomic E-state index is 0.670. The third kappa shape index (κ3) is 1.23. The molecule has 1 aromatic rings. The molecule has 1 aromatic heterocycles. The molecule has 0 radical (unpaired) electrons. The zero-order valence-corrected chi connectivity index (χ0v) is 7.61. The minimum Gasteiger partial charge on any atom is -0.246 e. The van der Waals surface area contributed by atoms with Crippen molar-refractivity contribution in [3.63, 3.8) is 0 Å². The van der Waals surface area contributed by atoms with Crippen LogP contribution >= 0.6 is 11.3 Å². The molecule has 0 amide bonds. The number of thiazole rings is 1. The smallest absolute Gasteiger partial charge is 0.0903 e. The summed E-state index contributed by atoms with van der Waals surface area (Å²) in [6.07, 6.45) is 5.59. The Morgan fingerprint density at radius 2 is 2.45 bits per heavy atom. The number of aromatic nitrogens is 1. The highest BCUT2D eigenvalue weighted by atomic mass is 32.1. The number of fused-ring (bicyclic) bond motifs is 1. The van der Waals surface area contributed by atoms with Crippen LogP contribution in [0.1, 0.15) is 22.5 Å². The number of hydrogen-bond donors (Lipinski definition) is 0. The maximum atomic E-state index is 4.47. The molecule has 0 bridgehead atoms. The van der Waals surface area contributed by atoms with Crippen LogP contribution in [0.5, 0.6) is 0 Å². The number of aryl methyl sites for hydroxylation is 1. The van der Waals surface area contributed by atoms with E-state index in [9.17, 15) is 0 Å². The van der Waals surface area contributed by atoms with Gasteiger partial charge in [-0.05, 0) is 25.3 Å². The Balaban J connectivity index is 2.44. The van der Waals surface area contributed by atoms with Gasteiger partial charge in [0, 0.05) is 0 Å². The zero-order valence-electron chi connectivity index (χ0n) is 6.79. The minimum atomic E-state index is 0.670. The average molecular weight is 165 g/mol. The molecule has 0 saturated heterocycles. The van der Waals surface area contributed by atoms with Crippen molar-refractivity contribution in [2.24, 2.45) is 5.92 Å². The Labute approximate surface area is 70.8 Å². The summed E-state index contributed by atoms with van der Waals surface area (Å²) in [5.41, 5.74) is 1.29. The van der Waals surface area contributed by atoms with Crippen LogP contribution in [0.15, 0.2) is 6.08 Å². The Bertz CT molecular complexity index is 299. The summed E-state index contributed by atoms with van der Waals surface area (Å²) in [7, 11) is 0. The van der Waals surface area contributed by atoms with Crippen molar-refractivity contribution in [3.8, 4) is 0 Å². The maximum Gasteiger partial charge on any atom is 0.0903 e. The fourth-order valence-corrected chi connectivity index (χ4v) is 2.25. The second kappa shape index (κ2) is 2.45. The Morgan fingerprint density at radius 1 is 1.64 bits per heavy atom. The lowest BCUT2D eigenvalue weighted by molar-refractivity contribution is 0.703. The summed E-state index contributed by atoms with van der Waals surface area (Å²) in [6, 6.07) is 0. The third-order valence-corrected chi connectivity index (χ3v) is 2.90. The van der Waals surface area contributed by atoms with Crippen LogP contribution < -0.4 is 0 Å². The predicted molar refractivity (Wildman–Crippen MR) is 48.8 cm³/mol. The van der Waals surface area contributed by atoms with Crippen LogP contribution in [0.3, 0.4) is 0 Å². The van der Waals surface area contributed by atoms with E-state index in [0.29, 0.717) is 5.92 Å². The first-order chi connectivity index (χ1) is 5.25. The van der Waals surface area contributed by atoms with Crippen LogP contribution in [0.4, 0.5) is 0 Å². The van der Waals surface area contributed by atoms with Crippen LogP contribution in [-0.4, -0.2) is 4.98 Å². The fourth-order valence-electron chi connectivity index (χ4n) is 1.39. The molecule has 1 aliphatic carbocycles. The van der Waals surface area contributed by atoms with Crippen LogP contribution in [0.2, 0.25) is 0 Å². The SMILES string of the molecule is Cc1nc2c(s1)C=CC(C)C2. The Hall–Kier alpha value is -0.630. The van der Waals surface area contributed by atoms with Gasteiger partial charge in [0.1, 0.15) is 0 Å². The maximum absolute atomic E-state index is 4.47. The van der Waals surface area contributed by atoms with Gasteiger partial charge in [0.2, 0.25) is 0 Å². The van der Waals surface area contributed by atoms with E-state index in [4.69, 9.17) is 0 Å². The molecule has 1 nitrogen and oxygen atoms in total. The molecular weight excluding hydrogens is 154 g/mol. The van der Waals surface area contributed by atoms with Crippen molar-refractivity contribution in [3.05, 3.63) is 21.7 Å². The first kappa shape index (κ1) is 7.04. The second-order valence-corrected chi connectivity index (χ2v) is 4.32. The van der Waals surface area contributed by atoms with E-state index >= 15 is 0 Å². The van der Waals surface area contributed by atoms with Gasteiger partial charge in [-0.3, -0.25) is 0 Å². The molecule has 11 heavy (non-hydrogen) atoms. The topological polar surface area (TPSA) is 12.9 Å². The van der Waals surface area contributed by atoms with Crippen LogP contribution in [0.25, 0.3) is 6.08 Å². The molecule has 1 unspecified atom stereocenters. The fraction of sp³-hybridized carbons (Fsp3) is 0.444. The van der Waals surface area contributed by atoms with Crippen molar-refractivity contribution in [2.75, 3.05) is 0 Å². The second-order valence-electron chi connectivity index (χ2n) is 3.08. The third-order valence-electron chi connectivity index (χ3n) is 1.93. The highest BCUT2D eigenvalue weighted by Gasteiger charge is 2.13. The number of rotatable bonds is 0. The molecule has 0 fully saturated rings. The lowest BCUT2D eigenvalue weighted by Crippen LogP contribution is -2.01. The highest BCUT2D eigenvalue weighted by molar-refractivity contribution is 7.12. The molecule has 0 aromatic carbocycles. The number of allylic oxidation sites excluding steroid dienone is 1. The number of hydrogen-bond acceptors (Lipinski definition) is 2. The first-order valence-electron chi connectivity index (χ1n) is 3.90. The van der Waals surface area contributed by atoms with E-state index in [1.54, 1.807) is 11.3 Å². The van der Waals surface area contributed by atoms with Gasteiger partial charge in [-0.2, -0.15) is 0 Å². The van der Waals surface area contributed by atoms with E-state index < -0.39 is 0 Å².